The third-order valence-electron chi connectivity index (χ3n) is 3.00. The lowest BCUT2D eigenvalue weighted by Crippen LogP contribution is -2.23. The number of carbonyl (C=O) groups is 1. The summed E-state index contributed by atoms with van der Waals surface area (Å²) >= 11 is 1.87. The van der Waals surface area contributed by atoms with Crippen molar-refractivity contribution in [2.24, 2.45) is 0 Å². The fraction of sp³-hybridized carbons (Fsp3) is 0.167. The Balaban J connectivity index is 1.82. The van der Waals surface area contributed by atoms with E-state index in [1.807, 2.05) is 42.1 Å². The minimum absolute atomic E-state index is 0.0570. The van der Waals surface area contributed by atoms with Crippen molar-refractivity contribution < 1.29 is 4.79 Å². The van der Waals surface area contributed by atoms with Crippen LogP contribution in [0.1, 0.15) is 21.5 Å². The molecule has 108 valence electrons. The second-order valence-electron chi connectivity index (χ2n) is 4.67. The summed E-state index contributed by atoms with van der Waals surface area (Å²) in [4.78, 5) is 11.7. The van der Waals surface area contributed by atoms with Crippen LogP contribution in [0.2, 0.25) is 0 Å². The molecule has 2 nitrogen and oxygen atoms in total. The molecule has 0 aromatic heterocycles. The highest BCUT2D eigenvalue weighted by molar-refractivity contribution is 7.97. The van der Waals surface area contributed by atoms with E-state index in [-0.39, 0.29) is 5.91 Å². The van der Waals surface area contributed by atoms with Crippen molar-refractivity contribution >= 4 is 17.7 Å². The molecule has 0 fully saturated rings. The molecule has 3 heteroatoms. The number of carbonyl (C=O) groups excluding carboxylic acids is 1. The van der Waals surface area contributed by atoms with Gasteiger partial charge in [0.2, 0.25) is 0 Å². The number of benzene rings is 2. The van der Waals surface area contributed by atoms with Gasteiger partial charge >= 0.3 is 0 Å². The lowest BCUT2D eigenvalue weighted by Gasteiger charge is -2.05. The molecule has 21 heavy (non-hydrogen) atoms. The zero-order valence-electron chi connectivity index (χ0n) is 11.9. The van der Waals surface area contributed by atoms with Crippen molar-refractivity contribution in [2.75, 3.05) is 6.54 Å². The van der Waals surface area contributed by atoms with E-state index in [9.17, 15) is 4.79 Å². The van der Waals surface area contributed by atoms with E-state index in [1.54, 1.807) is 6.08 Å². The Morgan fingerprint density at radius 3 is 2.24 bits per heavy atom. The zero-order valence-corrected chi connectivity index (χ0v) is 12.7. The van der Waals surface area contributed by atoms with Gasteiger partial charge in [-0.15, -0.1) is 6.58 Å². The summed E-state index contributed by atoms with van der Waals surface area (Å²) in [6.45, 7) is 4.08. The first-order chi connectivity index (χ1) is 10.3. The molecule has 0 aliphatic rings. The van der Waals surface area contributed by atoms with Crippen LogP contribution in [0.15, 0.2) is 67.3 Å². The molecule has 0 radical (unpaired) electrons. The van der Waals surface area contributed by atoms with Crippen molar-refractivity contribution in [3.05, 3.63) is 83.9 Å². The van der Waals surface area contributed by atoms with Gasteiger partial charge in [0.05, 0.1) is 0 Å². The van der Waals surface area contributed by atoms with E-state index >= 15 is 0 Å². The van der Waals surface area contributed by atoms with Gasteiger partial charge < -0.3 is 5.32 Å². The molecule has 0 bridgehead atoms. The highest BCUT2D eigenvalue weighted by Crippen LogP contribution is 2.18. The Morgan fingerprint density at radius 2 is 1.62 bits per heavy atom. The summed E-state index contributed by atoms with van der Waals surface area (Å²) in [5.74, 6) is 1.89. The van der Waals surface area contributed by atoms with Crippen molar-refractivity contribution in [2.45, 2.75) is 11.5 Å². The van der Waals surface area contributed by atoms with Gasteiger partial charge in [-0.25, -0.2) is 0 Å². The first-order valence-electron chi connectivity index (χ1n) is 6.89. The van der Waals surface area contributed by atoms with Crippen LogP contribution >= 0.6 is 11.8 Å². The molecular formula is C18H19NOS. The number of hydrogen-bond donors (Lipinski definition) is 1. The molecule has 1 amide bonds. The van der Waals surface area contributed by atoms with E-state index in [0.29, 0.717) is 12.1 Å². The average molecular weight is 297 g/mol. The van der Waals surface area contributed by atoms with Gasteiger partial charge in [0.25, 0.3) is 5.91 Å². The number of rotatable bonds is 7. The van der Waals surface area contributed by atoms with Crippen molar-refractivity contribution in [3.63, 3.8) is 0 Å². The van der Waals surface area contributed by atoms with Crippen LogP contribution in [0.3, 0.4) is 0 Å². The van der Waals surface area contributed by atoms with Crippen molar-refractivity contribution in [1.29, 1.82) is 0 Å². The largest absolute Gasteiger partial charge is 0.349 e. The predicted octanol–water partition coefficient (Wildman–Crippen LogP) is 4.04. The Labute approximate surface area is 130 Å². The molecule has 0 heterocycles. The monoisotopic (exact) mass is 297 g/mol. The highest BCUT2D eigenvalue weighted by Gasteiger charge is 2.03. The van der Waals surface area contributed by atoms with Gasteiger partial charge in [0.1, 0.15) is 0 Å². The van der Waals surface area contributed by atoms with Crippen LogP contribution in [0, 0.1) is 0 Å². The minimum Gasteiger partial charge on any atom is -0.349 e. The number of hydrogen-bond acceptors (Lipinski definition) is 2. The standard InChI is InChI=1S/C18H19NOS/c1-2-12-19-18(20)17-10-8-16(9-11-17)14-21-13-15-6-4-3-5-7-15/h2-11H,1,12-14H2,(H,19,20). The first-order valence-corrected chi connectivity index (χ1v) is 8.05. The van der Waals surface area contributed by atoms with Crippen LogP contribution in [0.4, 0.5) is 0 Å². The van der Waals surface area contributed by atoms with E-state index < -0.39 is 0 Å². The molecule has 0 spiro atoms. The quantitative estimate of drug-likeness (QED) is 0.782. The molecule has 0 aliphatic carbocycles. The highest BCUT2D eigenvalue weighted by atomic mass is 32.2. The summed E-state index contributed by atoms with van der Waals surface area (Å²) in [7, 11) is 0. The van der Waals surface area contributed by atoms with Crippen LogP contribution in [0.25, 0.3) is 0 Å². The lowest BCUT2D eigenvalue weighted by molar-refractivity contribution is 0.0958. The molecular weight excluding hydrogens is 278 g/mol. The van der Waals surface area contributed by atoms with Gasteiger partial charge in [-0.3, -0.25) is 4.79 Å². The topological polar surface area (TPSA) is 29.1 Å². The smallest absolute Gasteiger partial charge is 0.251 e. The number of amides is 1. The van der Waals surface area contributed by atoms with E-state index in [4.69, 9.17) is 0 Å². The SMILES string of the molecule is C=CCNC(=O)c1ccc(CSCc2ccccc2)cc1. The number of nitrogens with one attached hydrogen (secondary N) is 1. The number of thioether (sulfide) groups is 1. The average Bonchev–Trinajstić information content (AvgIpc) is 2.54. The van der Waals surface area contributed by atoms with Gasteiger partial charge in [0, 0.05) is 23.6 Å². The second kappa shape index (κ2) is 8.32. The molecule has 0 aliphatic heterocycles. The van der Waals surface area contributed by atoms with E-state index in [2.05, 4.69) is 36.2 Å². The summed E-state index contributed by atoms with van der Waals surface area (Å²) < 4.78 is 0. The van der Waals surface area contributed by atoms with Gasteiger partial charge in [0.15, 0.2) is 0 Å². The molecule has 0 unspecified atom stereocenters. The third kappa shape index (κ3) is 5.12. The van der Waals surface area contributed by atoms with Crippen molar-refractivity contribution in [1.82, 2.24) is 5.32 Å². The van der Waals surface area contributed by atoms with Crippen LogP contribution < -0.4 is 5.32 Å². The Kier molecular flexibility index (Phi) is 6.10. The summed E-state index contributed by atoms with van der Waals surface area (Å²) in [5, 5.41) is 2.77. The maximum absolute atomic E-state index is 11.7. The summed E-state index contributed by atoms with van der Waals surface area (Å²) in [6, 6.07) is 18.2. The molecule has 1 N–H and O–H groups in total. The third-order valence-corrected chi connectivity index (χ3v) is 4.08. The Morgan fingerprint density at radius 1 is 1.00 bits per heavy atom. The fourth-order valence-corrected chi connectivity index (χ4v) is 2.84. The van der Waals surface area contributed by atoms with Gasteiger partial charge in [-0.2, -0.15) is 11.8 Å². The molecule has 2 aromatic carbocycles. The maximum Gasteiger partial charge on any atom is 0.251 e. The molecule has 2 rings (SSSR count). The maximum atomic E-state index is 11.7. The fourth-order valence-electron chi connectivity index (χ4n) is 1.88. The Hall–Kier alpha value is -2.00. The normalized spacial score (nSPS) is 10.1. The first kappa shape index (κ1) is 15.4. The van der Waals surface area contributed by atoms with E-state index in [0.717, 1.165) is 11.5 Å². The van der Waals surface area contributed by atoms with Crippen LogP contribution in [-0.4, -0.2) is 12.5 Å². The van der Waals surface area contributed by atoms with Crippen LogP contribution in [-0.2, 0) is 11.5 Å². The van der Waals surface area contributed by atoms with Crippen LogP contribution in [0.5, 0.6) is 0 Å². The Bertz CT molecular complexity index is 578. The molecule has 0 atom stereocenters. The molecule has 2 aromatic rings. The predicted molar refractivity (Wildman–Crippen MR) is 90.4 cm³/mol. The van der Waals surface area contributed by atoms with Gasteiger partial charge in [-0.05, 0) is 23.3 Å². The van der Waals surface area contributed by atoms with Crippen molar-refractivity contribution in [3.8, 4) is 0 Å². The summed E-state index contributed by atoms with van der Waals surface area (Å²) in [5.41, 5.74) is 3.26. The lowest BCUT2D eigenvalue weighted by atomic mass is 10.1. The van der Waals surface area contributed by atoms with E-state index in [1.165, 1.54) is 11.1 Å². The molecule has 0 saturated heterocycles. The molecule has 0 saturated carbocycles. The second-order valence-corrected chi connectivity index (χ2v) is 5.66. The zero-order chi connectivity index (χ0) is 14.9. The summed E-state index contributed by atoms with van der Waals surface area (Å²) in [6.07, 6.45) is 1.67. The minimum atomic E-state index is -0.0570. The van der Waals surface area contributed by atoms with Gasteiger partial charge in [-0.1, -0.05) is 48.5 Å².